The van der Waals surface area contributed by atoms with E-state index >= 15 is 0 Å². The number of carboxylic acids is 1. The number of carbonyl (C=O) groups excluding carboxylic acids is 1. The fraction of sp³-hybridized carbons (Fsp3) is 0.467. The van der Waals surface area contributed by atoms with Crippen LogP contribution >= 0.6 is 0 Å². The first-order chi connectivity index (χ1) is 9.41. The van der Waals surface area contributed by atoms with Crippen LogP contribution < -0.4 is 0 Å². The van der Waals surface area contributed by atoms with Crippen molar-refractivity contribution in [2.45, 2.75) is 26.4 Å². The Hall–Kier alpha value is -1.88. The smallest absolute Gasteiger partial charge is 0.335 e. The molecule has 0 saturated heterocycles. The van der Waals surface area contributed by atoms with Crippen LogP contribution in [0.5, 0.6) is 0 Å². The van der Waals surface area contributed by atoms with E-state index in [0.717, 1.165) is 5.56 Å². The summed E-state index contributed by atoms with van der Waals surface area (Å²) in [6, 6.07) is 6.83. The monoisotopic (exact) mass is 279 g/mol. The number of benzene rings is 1. The quantitative estimate of drug-likeness (QED) is 0.826. The molecule has 1 aromatic rings. The molecule has 5 nitrogen and oxygen atoms in total. The van der Waals surface area contributed by atoms with Crippen LogP contribution in [0.3, 0.4) is 0 Å². The van der Waals surface area contributed by atoms with Gasteiger partial charge in [-0.05, 0) is 31.9 Å². The zero-order chi connectivity index (χ0) is 15.1. The Morgan fingerprint density at radius 1 is 1.30 bits per heavy atom. The third kappa shape index (κ3) is 5.01. The van der Waals surface area contributed by atoms with E-state index in [1.165, 1.54) is 0 Å². The predicted molar refractivity (Wildman–Crippen MR) is 75.8 cm³/mol. The number of nitrogens with zero attached hydrogens (tertiary/aromatic N) is 1. The van der Waals surface area contributed by atoms with Gasteiger partial charge in [-0.3, -0.25) is 4.79 Å². The highest BCUT2D eigenvalue weighted by atomic mass is 16.5. The van der Waals surface area contributed by atoms with E-state index in [1.807, 2.05) is 13.8 Å². The zero-order valence-electron chi connectivity index (χ0n) is 12.1. The molecule has 1 amide bonds. The topological polar surface area (TPSA) is 66.8 Å². The highest BCUT2D eigenvalue weighted by Gasteiger charge is 2.13. The standard InChI is InChI=1S/C15H21NO4/c1-11(2)20-10-14(17)16(3)9-8-12-6-4-5-7-13(12)15(18)19/h4-7,11H,8-10H2,1-3H3,(H,18,19). The van der Waals surface area contributed by atoms with E-state index in [-0.39, 0.29) is 24.2 Å². The first-order valence-corrected chi connectivity index (χ1v) is 6.58. The van der Waals surface area contributed by atoms with Crippen LogP contribution in [0.1, 0.15) is 29.8 Å². The van der Waals surface area contributed by atoms with Crippen LogP contribution in [0.15, 0.2) is 24.3 Å². The van der Waals surface area contributed by atoms with Gasteiger partial charge in [-0.25, -0.2) is 4.79 Å². The van der Waals surface area contributed by atoms with Gasteiger partial charge in [0.25, 0.3) is 0 Å². The zero-order valence-corrected chi connectivity index (χ0v) is 12.1. The van der Waals surface area contributed by atoms with Crippen molar-refractivity contribution in [3.05, 3.63) is 35.4 Å². The van der Waals surface area contributed by atoms with Crippen LogP contribution in [-0.2, 0) is 16.0 Å². The van der Waals surface area contributed by atoms with E-state index < -0.39 is 5.97 Å². The number of carbonyl (C=O) groups is 2. The number of ether oxygens (including phenoxy) is 1. The number of hydrogen-bond acceptors (Lipinski definition) is 3. The van der Waals surface area contributed by atoms with Crippen LogP contribution in [0.2, 0.25) is 0 Å². The summed E-state index contributed by atoms with van der Waals surface area (Å²) >= 11 is 0. The second-order valence-corrected chi connectivity index (χ2v) is 4.89. The lowest BCUT2D eigenvalue weighted by Crippen LogP contribution is -2.33. The third-order valence-corrected chi connectivity index (χ3v) is 2.93. The molecule has 0 bridgehead atoms. The number of amides is 1. The average molecular weight is 279 g/mol. The Morgan fingerprint density at radius 3 is 2.55 bits per heavy atom. The summed E-state index contributed by atoms with van der Waals surface area (Å²) in [5, 5.41) is 9.08. The van der Waals surface area contributed by atoms with Gasteiger partial charge in [0, 0.05) is 13.6 Å². The minimum absolute atomic E-state index is 0.0140. The van der Waals surface area contributed by atoms with Crippen LogP contribution in [-0.4, -0.2) is 48.2 Å². The second kappa shape index (κ2) is 7.65. The summed E-state index contributed by atoms with van der Waals surface area (Å²) in [6.07, 6.45) is 0.520. The fourth-order valence-corrected chi connectivity index (χ4v) is 1.71. The summed E-state index contributed by atoms with van der Waals surface area (Å²) in [5.74, 6) is -1.05. The largest absolute Gasteiger partial charge is 0.478 e. The average Bonchev–Trinajstić information content (AvgIpc) is 2.42. The van der Waals surface area contributed by atoms with Gasteiger partial charge >= 0.3 is 5.97 Å². The van der Waals surface area contributed by atoms with Gasteiger partial charge < -0.3 is 14.7 Å². The molecule has 0 aromatic heterocycles. The molecule has 0 spiro atoms. The number of hydrogen-bond donors (Lipinski definition) is 1. The van der Waals surface area contributed by atoms with Crippen molar-refractivity contribution >= 4 is 11.9 Å². The second-order valence-electron chi connectivity index (χ2n) is 4.89. The molecule has 0 fully saturated rings. The van der Waals surface area contributed by atoms with E-state index in [4.69, 9.17) is 9.84 Å². The minimum atomic E-state index is -0.947. The lowest BCUT2D eigenvalue weighted by molar-refractivity contribution is -0.136. The summed E-state index contributed by atoms with van der Waals surface area (Å²) in [6.45, 7) is 4.26. The van der Waals surface area contributed by atoms with E-state index in [9.17, 15) is 9.59 Å². The Bertz CT molecular complexity index is 471. The molecular formula is C15H21NO4. The van der Waals surface area contributed by atoms with Crippen molar-refractivity contribution in [1.29, 1.82) is 0 Å². The molecule has 0 saturated carbocycles. The van der Waals surface area contributed by atoms with Crippen molar-refractivity contribution in [1.82, 2.24) is 4.90 Å². The lowest BCUT2D eigenvalue weighted by atomic mass is 10.0. The van der Waals surface area contributed by atoms with Crippen molar-refractivity contribution in [2.24, 2.45) is 0 Å². The number of rotatable bonds is 7. The number of carboxylic acid groups (broad SMARTS) is 1. The molecule has 5 heteroatoms. The molecule has 0 aliphatic heterocycles. The maximum atomic E-state index is 11.8. The lowest BCUT2D eigenvalue weighted by Gasteiger charge is -2.18. The Balaban J connectivity index is 2.54. The van der Waals surface area contributed by atoms with E-state index in [1.54, 1.807) is 36.2 Å². The maximum absolute atomic E-state index is 11.8. The van der Waals surface area contributed by atoms with Gasteiger partial charge in [-0.15, -0.1) is 0 Å². The fourth-order valence-electron chi connectivity index (χ4n) is 1.71. The van der Waals surface area contributed by atoms with Crippen LogP contribution in [0.25, 0.3) is 0 Å². The molecule has 0 heterocycles. The molecule has 0 atom stereocenters. The molecule has 1 rings (SSSR count). The van der Waals surface area contributed by atoms with Crippen molar-refractivity contribution in [3.63, 3.8) is 0 Å². The van der Waals surface area contributed by atoms with Gasteiger partial charge in [-0.2, -0.15) is 0 Å². The highest BCUT2D eigenvalue weighted by molar-refractivity contribution is 5.89. The van der Waals surface area contributed by atoms with E-state index in [2.05, 4.69) is 0 Å². The summed E-state index contributed by atoms with van der Waals surface area (Å²) < 4.78 is 5.25. The van der Waals surface area contributed by atoms with Gasteiger partial charge in [0.2, 0.25) is 5.91 Å². The first kappa shape index (κ1) is 16.2. The number of likely N-dealkylation sites (N-methyl/N-ethyl adjacent to an activating group) is 1. The van der Waals surface area contributed by atoms with Crippen molar-refractivity contribution < 1.29 is 19.4 Å². The molecule has 1 N–H and O–H groups in total. The van der Waals surface area contributed by atoms with Crippen molar-refractivity contribution in [2.75, 3.05) is 20.2 Å². The Morgan fingerprint density at radius 2 is 1.95 bits per heavy atom. The molecule has 110 valence electrons. The van der Waals surface area contributed by atoms with Gasteiger partial charge in [-0.1, -0.05) is 18.2 Å². The molecule has 0 aliphatic carbocycles. The molecular weight excluding hydrogens is 258 g/mol. The molecule has 20 heavy (non-hydrogen) atoms. The molecule has 0 unspecified atom stereocenters. The Kier molecular flexibility index (Phi) is 6.18. The third-order valence-electron chi connectivity index (χ3n) is 2.93. The maximum Gasteiger partial charge on any atom is 0.335 e. The van der Waals surface area contributed by atoms with Gasteiger partial charge in [0.1, 0.15) is 6.61 Å². The Labute approximate surface area is 119 Å². The SMILES string of the molecule is CC(C)OCC(=O)N(C)CCc1ccccc1C(=O)O. The predicted octanol–water partition coefficient (Wildman–Crippen LogP) is 1.81. The summed E-state index contributed by atoms with van der Waals surface area (Å²) in [5.41, 5.74) is 1.01. The van der Waals surface area contributed by atoms with Gasteiger partial charge in [0.15, 0.2) is 0 Å². The highest BCUT2D eigenvalue weighted by Crippen LogP contribution is 2.10. The van der Waals surface area contributed by atoms with Crippen molar-refractivity contribution in [3.8, 4) is 0 Å². The minimum Gasteiger partial charge on any atom is -0.478 e. The van der Waals surface area contributed by atoms with Crippen LogP contribution in [0, 0.1) is 0 Å². The first-order valence-electron chi connectivity index (χ1n) is 6.58. The molecule has 0 aliphatic rings. The van der Waals surface area contributed by atoms with E-state index in [0.29, 0.717) is 13.0 Å². The summed E-state index contributed by atoms with van der Waals surface area (Å²) in [7, 11) is 1.69. The molecule has 0 radical (unpaired) electrons. The number of aromatic carboxylic acids is 1. The summed E-state index contributed by atoms with van der Waals surface area (Å²) in [4.78, 5) is 24.4. The van der Waals surface area contributed by atoms with Gasteiger partial charge in [0.05, 0.1) is 11.7 Å². The van der Waals surface area contributed by atoms with Crippen LogP contribution in [0.4, 0.5) is 0 Å². The normalized spacial score (nSPS) is 10.6. The molecule has 1 aromatic carbocycles.